The quantitative estimate of drug-likeness (QED) is 0.820. The van der Waals surface area contributed by atoms with Crippen molar-refractivity contribution in [1.29, 1.82) is 0 Å². The summed E-state index contributed by atoms with van der Waals surface area (Å²) < 4.78 is 0.987. The molecule has 4 nitrogen and oxygen atoms in total. The van der Waals surface area contributed by atoms with Crippen LogP contribution in [0.5, 0.6) is 0 Å². The number of carbonyl (C=O) groups is 1. The predicted molar refractivity (Wildman–Crippen MR) is 67.0 cm³/mol. The predicted octanol–water partition coefficient (Wildman–Crippen LogP) is 0.975. The van der Waals surface area contributed by atoms with Gasteiger partial charge in [-0.05, 0) is 6.92 Å². The van der Waals surface area contributed by atoms with Gasteiger partial charge in [0.05, 0.1) is 5.75 Å². The van der Waals surface area contributed by atoms with Crippen molar-refractivity contribution < 1.29 is 4.79 Å². The van der Waals surface area contributed by atoms with Crippen molar-refractivity contribution >= 4 is 29.0 Å². The molecule has 16 heavy (non-hydrogen) atoms. The molecule has 1 aromatic heterocycles. The zero-order chi connectivity index (χ0) is 11.4. The Hall–Kier alpha value is -0.590. The first-order valence-electron chi connectivity index (χ1n) is 5.29. The Morgan fingerprint density at radius 2 is 2.38 bits per heavy atom. The first-order chi connectivity index (χ1) is 7.75. The second-order valence-electron chi connectivity index (χ2n) is 3.67. The average Bonchev–Trinajstić information content (AvgIpc) is 2.73. The van der Waals surface area contributed by atoms with E-state index in [1.807, 2.05) is 17.2 Å². The van der Waals surface area contributed by atoms with Crippen molar-refractivity contribution in [1.82, 2.24) is 15.2 Å². The Labute approximate surface area is 103 Å². The van der Waals surface area contributed by atoms with Crippen LogP contribution in [0.2, 0.25) is 0 Å². The maximum Gasteiger partial charge on any atom is 0.233 e. The highest BCUT2D eigenvalue weighted by Gasteiger charge is 2.16. The number of aromatic nitrogens is 1. The number of thiazole rings is 1. The summed E-state index contributed by atoms with van der Waals surface area (Å²) in [6.07, 6.45) is 0. The van der Waals surface area contributed by atoms with Gasteiger partial charge in [0, 0.05) is 37.3 Å². The van der Waals surface area contributed by atoms with Crippen molar-refractivity contribution in [2.24, 2.45) is 0 Å². The van der Waals surface area contributed by atoms with E-state index in [0.717, 1.165) is 36.2 Å². The Bertz CT molecular complexity index is 361. The van der Waals surface area contributed by atoms with E-state index in [0.29, 0.717) is 5.75 Å². The fourth-order valence-corrected chi connectivity index (χ4v) is 3.28. The lowest BCUT2D eigenvalue weighted by molar-refractivity contribution is -0.128. The van der Waals surface area contributed by atoms with Crippen LogP contribution in [0.3, 0.4) is 0 Å². The Morgan fingerprint density at radius 3 is 3.00 bits per heavy atom. The van der Waals surface area contributed by atoms with Crippen LogP contribution in [0.1, 0.15) is 5.69 Å². The average molecular weight is 257 g/mol. The lowest BCUT2D eigenvalue weighted by Crippen LogP contribution is -2.47. The fourth-order valence-electron chi connectivity index (χ4n) is 1.53. The van der Waals surface area contributed by atoms with E-state index in [2.05, 4.69) is 10.3 Å². The molecular formula is C10H15N3OS2. The lowest BCUT2D eigenvalue weighted by Gasteiger charge is -2.27. The molecule has 0 unspecified atom stereocenters. The zero-order valence-corrected chi connectivity index (χ0v) is 10.9. The van der Waals surface area contributed by atoms with Gasteiger partial charge in [0.1, 0.15) is 0 Å². The summed E-state index contributed by atoms with van der Waals surface area (Å²) in [6, 6.07) is 0. The molecule has 1 amide bonds. The molecule has 6 heteroatoms. The molecule has 0 aliphatic carbocycles. The molecule has 2 rings (SSSR count). The summed E-state index contributed by atoms with van der Waals surface area (Å²) in [6.45, 7) is 5.45. The third-order valence-corrected chi connectivity index (χ3v) is 4.51. The molecule has 1 aromatic rings. The monoisotopic (exact) mass is 257 g/mol. The van der Waals surface area contributed by atoms with E-state index in [4.69, 9.17) is 0 Å². The summed E-state index contributed by atoms with van der Waals surface area (Å²) in [5.41, 5.74) is 1.03. The largest absolute Gasteiger partial charge is 0.339 e. The van der Waals surface area contributed by atoms with E-state index < -0.39 is 0 Å². The minimum atomic E-state index is 0.222. The molecule has 0 atom stereocenters. The number of nitrogens with one attached hydrogen (secondary N) is 1. The molecule has 1 N–H and O–H groups in total. The van der Waals surface area contributed by atoms with Gasteiger partial charge in [-0.2, -0.15) is 0 Å². The van der Waals surface area contributed by atoms with Crippen molar-refractivity contribution in [3.8, 4) is 0 Å². The van der Waals surface area contributed by atoms with Gasteiger partial charge in [0.2, 0.25) is 5.91 Å². The third kappa shape index (κ3) is 3.20. The van der Waals surface area contributed by atoms with Crippen LogP contribution in [0, 0.1) is 6.92 Å². The van der Waals surface area contributed by atoms with Crippen LogP contribution in [0.4, 0.5) is 0 Å². The normalized spacial score (nSPS) is 16.4. The van der Waals surface area contributed by atoms with Crippen molar-refractivity contribution in [2.45, 2.75) is 11.3 Å². The molecule has 1 fully saturated rings. The van der Waals surface area contributed by atoms with Crippen LogP contribution in [0.15, 0.2) is 9.72 Å². The highest BCUT2D eigenvalue weighted by atomic mass is 32.2. The van der Waals surface area contributed by atoms with Gasteiger partial charge in [0.15, 0.2) is 4.34 Å². The van der Waals surface area contributed by atoms with Gasteiger partial charge in [-0.3, -0.25) is 4.79 Å². The van der Waals surface area contributed by atoms with Gasteiger partial charge < -0.3 is 10.2 Å². The highest BCUT2D eigenvalue weighted by Crippen LogP contribution is 2.22. The number of hydrogen-bond acceptors (Lipinski definition) is 5. The molecule has 1 aliphatic heterocycles. The second-order valence-corrected chi connectivity index (χ2v) is 5.75. The molecule has 1 aliphatic rings. The number of piperazine rings is 1. The molecule has 0 bridgehead atoms. The summed E-state index contributed by atoms with van der Waals surface area (Å²) in [4.78, 5) is 18.1. The van der Waals surface area contributed by atoms with Gasteiger partial charge in [-0.15, -0.1) is 11.3 Å². The van der Waals surface area contributed by atoms with Crippen LogP contribution >= 0.6 is 23.1 Å². The zero-order valence-electron chi connectivity index (χ0n) is 9.23. The maximum atomic E-state index is 11.8. The number of hydrogen-bond donors (Lipinski definition) is 1. The van der Waals surface area contributed by atoms with Crippen LogP contribution in [0.25, 0.3) is 0 Å². The summed E-state index contributed by atoms with van der Waals surface area (Å²) >= 11 is 3.15. The Balaban J connectivity index is 1.78. The number of thioether (sulfide) groups is 1. The van der Waals surface area contributed by atoms with Crippen LogP contribution in [-0.2, 0) is 4.79 Å². The molecule has 2 heterocycles. The standard InChI is InChI=1S/C10H15N3OS2/c1-8-6-15-10(12-8)16-7-9(14)13-4-2-11-3-5-13/h6,11H,2-5,7H2,1H3. The molecular weight excluding hydrogens is 242 g/mol. The summed E-state index contributed by atoms with van der Waals surface area (Å²) in [5, 5.41) is 5.25. The van der Waals surface area contributed by atoms with Crippen LogP contribution in [-0.4, -0.2) is 47.7 Å². The van der Waals surface area contributed by atoms with E-state index >= 15 is 0 Å². The minimum absolute atomic E-state index is 0.222. The molecule has 0 spiro atoms. The number of amides is 1. The fraction of sp³-hybridized carbons (Fsp3) is 0.600. The van der Waals surface area contributed by atoms with Crippen molar-refractivity contribution in [2.75, 3.05) is 31.9 Å². The topological polar surface area (TPSA) is 45.2 Å². The summed E-state index contributed by atoms with van der Waals surface area (Å²) in [7, 11) is 0. The smallest absolute Gasteiger partial charge is 0.233 e. The lowest BCUT2D eigenvalue weighted by atomic mass is 10.3. The molecule has 88 valence electrons. The number of aryl methyl sites for hydroxylation is 1. The molecule has 1 saturated heterocycles. The van der Waals surface area contributed by atoms with Crippen molar-refractivity contribution in [3.05, 3.63) is 11.1 Å². The van der Waals surface area contributed by atoms with Crippen LogP contribution < -0.4 is 5.32 Å². The second kappa shape index (κ2) is 5.65. The van der Waals surface area contributed by atoms with Gasteiger partial charge in [-0.25, -0.2) is 4.98 Å². The van der Waals surface area contributed by atoms with E-state index in [1.54, 1.807) is 11.3 Å². The number of rotatable bonds is 3. The minimum Gasteiger partial charge on any atom is -0.339 e. The first-order valence-corrected chi connectivity index (χ1v) is 7.15. The SMILES string of the molecule is Cc1csc(SCC(=O)N2CCNCC2)n1. The number of carbonyl (C=O) groups excluding carboxylic acids is 1. The molecule has 0 saturated carbocycles. The summed E-state index contributed by atoms with van der Waals surface area (Å²) in [5.74, 6) is 0.729. The van der Waals surface area contributed by atoms with Gasteiger partial charge >= 0.3 is 0 Å². The highest BCUT2D eigenvalue weighted by molar-refractivity contribution is 8.01. The molecule has 0 aromatic carbocycles. The van der Waals surface area contributed by atoms with E-state index in [9.17, 15) is 4.79 Å². The van der Waals surface area contributed by atoms with E-state index in [1.165, 1.54) is 11.8 Å². The number of nitrogens with zero attached hydrogens (tertiary/aromatic N) is 2. The van der Waals surface area contributed by atoms with Gasteiger partial charge in [0.25, 0.3) is 0 Å². The van der Waals surface area contributed by atoms with E-state index in [-0.39, 0.29) is 5.91 Å². The van der Waals surface area contributed by atoms with Crippen molar-refractivity contribution in [3.63, 3.8) is 0 Å². The third-order valence-electron chi connectivity index (χ3n) is 2.39. The molecule has 0 radical (unpaired) electrons. The Kier molecular flexibility index (Phi) is 4.20. The van der Waals surface area contributed by atoms with Gasteiger partial charge in [-0.1, -0.05) is 11.8 Å². The first kappa shape index (κ1) is 11.9. The maximum absolute atomic E-state index is 11.8. The Morgan fingerprint density at radius 1 is 1.62 bits per heavy atom.